The van der Waals surface area contributed by atoms with Gasteiger partial charge in [0.2, 0.25) is 0 Å². The van der Waals surface area contributed by atoms with Crippen molar-refractivity contribution < 1.29 is 37.9 Å². The fourth-order valence-electron chi connectivity index (χ4n) is 7.87. The zero-order valence-corrected chi connectivity index (χ0v) is 17.9. The number of ether oxygens (including phenoxy) is 8. The summed E-state index contributed by atoms with van der Waals surface area (Å²) in [6.07, 6.45) is 0. The molecular formula is C20H32O8. The minimum absolute atomic E-state index is 0.125. The topological polar surface area (TPSA) is 73.8 Å². The van der Waals surface area contributed by atoms with E-state index in [9.17, 15) is 0 Å². The minimum Gasteiger partial charge on any atom is -0.353 e. The van der Waals surface area contributed by atoms with E-state index in [1.54, 1.807) is 56.9 Å². The maximum Gasteiger partial charge on any atom is 0.175 e. The minimum atomic E-state index is -0.678. The molecular weight excluding hydrogens is 368 g/mol. The number of hydrogen-bond acceptors (Lipinski definition) is 8. The molecule has 5 fully saturated rings. The summed E-state index contributed by atoms with van der Waals surface area (Å²) in [6, 6.07) is 0. The van der Waals surface area contributed by atoms with Gasteiger partial charge in [-0.2, -0.15) is 0 Å². The molecule has 5 saturated carbocycles. The molecule has 0 radical (unpaired) electrons. The van der Waals surface area contributed by atoms with Crippen molar-refractivity contribution in [1.29, 1.82) is 0 Å². The monoisotopic (exact) mass is 400 g/mol. The van der Waals surface area contributed by atoms with Gasteiger partial charge in [0, 0.05) is 104 Å². The third kappa shape index (κ3) is 1.71. The Hall–Kier alpha value is -0.320. The van der Waals surface area contributed by atoms with Crippen LogP contribution < -0.4 is 0 Å². The van der Waals surface area contributed by atoms with E-state index in [1.807, 2.05) is 0 Å². The first-order chi connectivity index (χ1) is 13.5. The normalized spacial score (nSPS) is 48.9. The molecule has 0 aliphatic heterocycles. The van der Waals surface area contributed by atoms with Gasteiger partial charge >= 0.3 is 0 Å². The summed E-state index contributed by atoms with van der Waals surface area (Å²) in [5.41, 5.74) is 0. The van der Waals surface area contributed by atoms with Crippen molar-refractivity contribution in [3.63, 3.8) is 0 Å². The van der Waals surface area contributed by atoms with Gasteiger partial charge < -0.3 is 37.9 Å². The van der Waals surface area contributed by atoms with Crippen LogP contribution in [0.3, 0.4) is 0 Å². The van der Waals surface area contributed by atoms with Crippen LogP contribution in [0.1, 0.15) is 0 Å². The Morgan fingerprint density at radius 2 is 0.393 bits per heavy atom. The lowest BCUT2D eigenvalue weighted by Crippen LogP contribution is -2.26. The number of fused-ring (bicyclic) bond motifs is 8. The molecule has 5 aliphatic rings. The van der Waals surface area contributed by atoms with Crippen LogP contribution in [0.2, 0.25) is 0 Å². The first kappa shape index (κ1) is 19.6. The molecule has 0 aromatic heterocycles. The molecule has 5 aliphatic carbocycles. The molecule has 0 spiro atoms. The van der Waals surface area contributed by atoms with Gasteiger partial charge in [0.05, 0.1) is 0 Å². The van der Waals surface area contributed by atoms with Crippen molar-refractivity contribution in [1.82, 2.24) is 0 Å². The molecule has 0 aromatic rings. The van der Waals surface area contributed by atoms with Gasteiger partial charge in [-0.05, 0) is 0 Å². The molecule has 0 N–H and O–H groups in total. The summed E-state index contributed by atoms with van der Waals surface area (Å²) in [6.45, 7) is 0. The highest BCUT2D eigenvalue weighted by Crippen LogP contribution is 2.88. The quantitative estimate of drug-likeness (QED) is 0.440. The Labute approximate surface area is 166 Å². The van der Waals surface area contributed by atoms with E-state index in [0.717, 1.165) is 0 Å². The van der Waals surface area contributed by atoms with Crippen molar-refractivity contribution in [2.45, 2.75) is 23.1 Å². The second-order valence-electron chi connectivity index (χ2n) is 8.72. The average Bonchev–Trinajstić information content (AvgIpc) is 3.63. The molecule has 0 atom stereocenters. The molecule has 0 amide bonds. The summed E-state index contributed by atoms with van der Waals surface area (Å²) in [5, 5.41) is 0. The maximum absolute atomic E-state index is 5.96. The van der Waals surface area contributed by atoms with Crippen LogP contribution in [-0.4, -0.2) is 80.0 Å². The second kappa shape index (κ2) is 5.68. The Bertz CT molecular complexity index is 483. The molecule has 0 unspecified atom stereocenters. The Morgan fingerprint density at radius 1 is 0.286 bits per heavy atom. The van der Waals surface area contributed by atoms with Crippen molar-refractivity contribution in [3.8, 4) is 0 Å². The maximum atomic E-state index is 5.96. The molecule has 160 valence electrons. The van der Waals surface area contributed by atoms with Crippen LogP contribution in [0.25, 0.3) is 0 Å². The van der Waals surface area contributed by atoms with Crippen LogP contribution >= 0.6 is 0 Å². The molecule has 0 saturated heterocycles. The number of rotatable bonds is 8. The van der Waals surface area contributed by atoms with Crippen LogP contribution in [0.5, 0.6) is 0 Å². The fourth-order valence-corrected chi connectivity index (χ4v) is 7.87. The van der Waals surface area contributed by atoms with Crippen molar-refractivity contribution in [3.05, 3.63) is 0 Å². The Morgan fingerprint density at radius 3 is 0.464 bits per heavy atom. The number of methoxy groups -OCH3 is 8. The van der Waals surface area contributed by atoms with Crippen LogP contribution in [0.15, 0.2) is 0 Å². The first-order valence-corrected chi connectivity index (χ1v) is 9.88. The van der Waals surface area contributed by atoms with Crippen molar-refractivity contribution in [2.75, 3.05) is 56.9 Å². The van der Waals surface area contributed by atoms with Crippen LogP contribution in [-0.2, 0) is 37.9 Å². The predicted octanol–water partition coefficient (Wildman–Crippen LogP) is 0.940. The fraction of sp³-hybridized carbons (Fsp3) is 1.00. The highest BCUT2D eigenvalue weighted by atomic mass is 16.7. The largest absolute Gasteiger partial charge is 0.353 e. The highest BCUT2D eigenvalue weighted by Gasteiger charge is 2.99. The molecule has 8 nitrogen and oxygen atoms in total. The van der Waals surface area contributed by atoms with E-state index in [2.05, 4.69) is 0 Å². The van der Waals surface area contributed by atoms with Gasteiger partial charge in [-0.1, -0.05) is 0 Å². The van der Waals surface area contributed by atoms with Gasteiger partial charge in [-0.3, -0.25) is 0 Å². The van der Waals surface area contributed by atoms with Gasteiger partial charge in [-0.15, -0.1) is 0 Å². The lowest BCUT2D eigenvalue weighted by Gasteiger charge is -2.18. The molecule has 28 heavy (non-hydrogen) atoms. The summed E-state index contributed by atoms with van der Waals surface area (Å²) >= 11 is 0. The molecule has 0 heterocycles. The summed E-state index contributed by atoms with van der Waals surface area (Å²) < 4.78 is 47.7. The summed E-state index contributed by atoms with van der Waals surface area (Å²) in [4.78, 5) is 0. The second-order valence-corrected chi connectivity index (χ2v) is 8.72. The molecule has 0 aromatic carbocycles. The average molecular weight is 400 g/mol. The lowest BCUT2D eigenvalue weighted by molar-refractivity contribution is -0.184. The zero-order chi connectivity index (χ0) is 20.3. The first-order valence-electron chi connectivity index (χ1n) is 9.88. The van der Waals surface area contributed by atoms with E-state index < -0.39 is 23.1 Å². The smallest absolute Gasteiger partial charge is 0.175 e. The van der Waals surface area contributed by atoms with E-state index >= 15 is 0 Å². The SMILES string of the molecule is COC1(OC)C2C1C1C(C3C(C4C2C4(OC)OC)C3(OC)OC)C1(OC)OC. The predicted molar refractivity (Wildman–Crippen MR) is 94.9 cm³/mol. The highest BCUT2D eigenvalue weighted by molar-refractivity contribution is 5.39. The summed E-state index contributed by atoms with van der Waals surface area (Å²) in [5.74, 6) is -1.71. The van der Waals surface area contributed by atoms with E-state index in [-0.39, 0.29) is 47.3 Å². The zero-order valence-electron chi connectivity index (χ0n) is 17.9. The Kier molecular flexibility index (Phi) is 3.98. The molecule has 5 rings (SSSR count). The lowest BCUT2D eigenvalue weighted by atomic mass is 10.0. The van der Waals surface area contributed by atoms with Gasteiger partial charge in [0.25, 0.3) is 0 Å². The van der Waals surface area contributed by atoms with E-state index in [4.69, 9.17) is 37.9 Å². The van der Waals surface area contributed by atoms with Crippen LogP contribution in [0, 0.1) is 47.3 Å². The molecule has 8 heteroatoms. The van der Waals surface area contributed by atoms with Crippen molar-refractivity contribution in [2.24, 2.45) is 47.3 Å². The van der Waals surface area contributed by atoms with Crippen molar-refractivity contribution >= 4 is 0 Å². The number of hydrogen-bond donors (Lipinski definition) is 0. The Balaban J connectivity index is 1.63. The van der Waals surface area contributed by atoms with Gasteiger partial charge in [0.1, 0.15) is 0 Å². The van der Waals surface area contributed by atoms with Gasteiger partial charge in [0.15, 0.2) is 23.1 Å². The van der Waals surface area contributed by atoms with E-state index in [1.165, 1.54) is 0 Å². The molecule has 0 bridgehead atoms. The van der Waals surface area contributed by atoms with Gasteiger partial charge in [-0.25, -0.2) is 0 Å². The third-order valence-electron chi connectivity index (χ3n) is 8.93. The standard InChI is InChI=1S/C20H32O8/c1-21-17(22-2)9-10(17)12-14(19(12,25-5)26-6)16-15(20(16,27-7)28-8)13-11(9)18(13,23-3)24-4/h9-16H,1-8H3. The van der Waals surface area contributed by atoms with E-state index in [0.29, 0.717) is 0 Å². The third-order valence-corrected chi connectivity index (χ3v) is 8.93. The van der Waals surface area contributed by atoms with Crippen LogP contribution in [0.4, 0.5) is 0 Å². The summed E-state index contributed by atoms with van der Waals surface area (Å²) in [7, 11) is 13.7.